The summed E-state index contributed by atoms with van der Waals surface area (Å²) in [5.41, 5.74) is 4.66. The predicted octanol–water partition coefficient (Wildman–Crippen LogP) is 2.38. The minimum atomic E-state index is -0.684. The summed E-state index contributed by atoms with van der Waals surface area (Å²) in [6, 6.07) is 8.00. The highest BCUT2D eigenvalue weighted by Crippen LogP contribution is 2.26. The second kappa shape index (κ2) is 4.44. The second-order valence-corrected chi connectivity index (χ2v) is 4.60. The molecule has 0 fully saturated rings. The molecule has 0 aliphatic carbocycles. The molecule has 2 N–H and O–H groups in total. The van der Waals surface area contributed by atoms with Crippen LogP contribution in [0.3, 0.4) is 0 Å². The van der Waals surface area contributed by atoms with E-state index in [4.69, 9.17) is 0 Å². The molecule has 0 aliphatic heterocycles. The topological polar surface area (TPSA) is 74.7 Å². The molecule has 2 aromatic heterocycles. The van der Waals surface area contributed by atoms with Crippen LogP contribution in [0.2, 0.25) is 0 Å². The molecule has 5 heteroatoms. The lowest BCUT2D eigenvalue weighted by molar-refractivity contribution is 0.195. The number of aromatic amines is 1. The first-order valence-corrected chi connectivity index (χ1v) is 6.11. The fraction of sp³-hybridized carbons (Fsp3) is 0.214. The lowest BCUT2D eigenvalue weighted by atomic mass is 10.1. The molecule has 0 saturated heterocycles. The fourth-order valence-corrected chi connectivity index (χ4v) is 2.00. The Morgan fingerprint density at radius 2 is 1.89 bits per heavy atom. The van der Waals surface area contributed by atoms with Gasteiger partial charge in [-0.15, -0.1) is 0 Å². The molecule has 0 bridgehead atoms. The van der Waals surface area contributed by atoms with Crippen LogP contribution in [0.4, 0.5) is 0 Å². The Hall–Kier alpha value is -2.27. The molecule has 0 aliphatic rings. The Morgan fingerprint density at radius 1 is 1.16 bits per heavy atom. The number of H-pyrrole nitrogens is 1. The largest absolute Gasteiger partial charge is 0.387 e. The number of rotatable bonds is 2. The van der Waals surface area contributed by atoms with Crippen LogP contribution in [0, 0.1) is 6.92 Å². The van der Waals surface area contributed by atoms with Gasteiger partial charge in [-0.25, -0.2) is 9.97 Å². The molecule has 3 rings (SSSR count). The third kappa shape index (κ3) is 2.08. The van der Waals surface area contributed by atoms with Crippen LogP contribution in [0.1, 0.15) is 24.3 Å². The molecule has 0 amide bonds. The van der Waals surface area contributed by atoms with Crippen molar-refractivity contribution in [2.24, 2.45) is 0 Å². The summed E-state index contributed by atoms with van der Waals surface area (Å²) in [4.78, 5) is 8.94. The summed E-state index contributed by atoms with van der Waals surface area (Å²) in [6.45, 7) is 3.72. The van der Waals surface area contributed by atoms with Crippen LogP contribution in [0.5, 0.6) is 0 Å². The molecule has 1 aromatic carbocycles. The van der Waals surface area contributed by atoms with E-state index < -0.39 is 6.10 Å². The Morgan fingerprint density at radius 3 is 2.58 bits per heavy atom. The van der Waals surface area contributed by atoms with Crippen molar-refractivity contribution in [3.63, 3.8) is 0 Å². The number of hydrogen-bond acceptors (Lipinski definition) is 4. The molecule has 1 atom stereocenters. The van der Waals surface area contributed by atoms with Crippen LogP contribution < -0.4 is 0 Å². The average molecular weight is 254 g/mol. The highest BCUT2D eigenvalue weighted by atomic mass is 16.3. The molecule has 96 valence electrons. The average Bonchev–Trinajstić information content (AvgIpc) is 2.85. The summed E-state index contributed by atoms with van der Waals surface area (Å²) >= 11 is 0. The molecular formula is C14H14N4O. The maximum Gasteiger partial charge on any atom is 0.174 e. The first-order valence-electron chi connectivity index (χ1n) is 6.11. The number of aliphatic hydroxyl groups is 1. The van der Waals surface area contributed by atoms with Crippen molar-refractivity contribution in [2.45, 2.75) is 20.0 Å². The van der Waals surface area contributed by atoms with E-state index in [-0.39, 0.29) is 0 Å². The molecule has 5 nitrogen and oxygen atoms in total. The van der Waals surface area contributed by atoms with Crippen LogP contribution in [-0.4, -0.2) is 25.3 Å². The van der Waals surface area contributed by atoms with Gasteiger partial charge < -0.3 is 5.11 Å². The van der Waals surface area contributed by atoms with Crippen LogP contribution in [0.15, 0.2) is 30.5 Å². The van der Waals surface area contributed by atoms with E-state index in [1.807, 2.05) is 31.2 Å². The number of fused-ring (bicyclic) bond motifs is 1. The minimum absolute atomic E-state index is 0.556. The van der Waals surface area contributed by atoms with Gasteiger partial charge in [0.25, 0.3) is 0 Å². The molecule has 1 unspecified atom stereocenters. The number of aromatic nitrogens is 4. The van der Waals surface area contributed by atoms with Gasteiger partial charge in [-0.2, -0.15) is 5.10 Å². The van der Waals surface area contributed by atoms with Crippen molar-refractivity contribution in [3.8, 4) is 11.3 Å². The van der Waals surface area contributed by atoms with Gasteiger partial charge in [-0.3, -0.25) is 5.10 Å². The SMILES string of the molecule is Cc1ccc(-c2nc3cn[nH]c3nc2C(C)O)cc1. The Labute approximate surface area is 110 Å². The number of nitrogens with zero attached hydrogens (tertiary/aromatic N) is 3. The van der Waals surface area contributed by atoms with Gasteiger partial charge >= 0.3 is 0 Å². The van der Waals surface area contributed by atoms with Gasteiger partial charge in [-0.05, 0) is 13.8 Å². The Bertz CT molecular complexity index is 716. The smallest absolute Gasteiger partial charge is 0.174 e. The summed E-state index contributed by atoms with van der Waals surface area (Å²) in [7, 11) is 0. The summed E-state index contributed by atoms with van der Waals surface area (Å²) in [5, 5.41) is 16.6. The summed E-state index contributed by atoms with van der Waals surface area (Å²) in [6.07, 6.45) is 0.947. The van der Waals surface area contributed by atoms with E-state index in [1.54, 1.807) is 13.1 Å². The number of hydrogen-bond donors (Lipinski definition) is 2. The molecule has 0 spiro atoms. The zero-order valence-corrected chi connectivity index (χ0v) is 10.8. The van der Waals surface area contributed by atoms with Gasteiger partial charge in [0.2, 0.25) is 0 Å². The maximum atomic E-state index is 9.88. The van der Waals surface area contributed by atoms with Crippen molar-refractivity contribution < 1.29 is 5.11 Å². The minimum Gasteiger partial charge on any atom is -0.387 e. The van der Waals surface area contributed by atoms with Crippen molar-refractivity contribution in [1.82, 2.24) is 20.2 Å². The van der Waals surface area contributed by atoms with Gasteiger partial charge in [-0.1, -0.05) is 29.8 Å². The molecule has 19 heavy (non-hydrogen) atoms. The molecule has 3 aromatic rings. The molecular weight excluding hydrogens is 240 g/mol. The first-order chi connectivity index (χ1) is 9.15. The van der Waals surface area contributed by atoms with E-state index in [9.17, 15) is 5.11 Å². The zero-order valence-electron chi connectivity index (χ0n) is 10.8. The zero-order chi connectivity index (χ0) is 13.4. The standard InChI is InChI=1S/C14H14N4O/c1-8-3-5-10(6-4-8)13-12(9(2)19)17-14-11(16-13)7-15-18-14/h3-7,9,19H,1-2H3,(H,15,17,18). The monoisotopic (exact) mass is 254 g/mol. The quantitative estimate of drug-likeness (QED) is 0.736. The van der Waals surface area contributed by atoms with Crippen molar-refractivity contribution in [3.05, 3.63) is 41.7 Å². The normalized spacial score (nSPS) is 12.8. The van der Waals surface area contributed by atoms with Crippen molar-refractivity contribution in [2.75, 3.05) is 0 Å². The highest BCUT2D eigenvalue weighted by molar-refractivity contribution is 5.75. The summed E-state index contributed by atoms with van der Waals surface area (Å²) in [5.74, 6) is 0. The number of nitrogens with one attached hydrogen (secondary N) is 1. The third-order valence-corrected chi connectivity index (χ3v) is 3.03. The van der Waals surface area contributed by atoms with Gasteiger partial charge in [0.05, 0.1) is 23.7 Å². The van der Waals surface area contributed by atoms with Crippen molar-refractivity contribution in [1.29, 1.82) is 0 Å². The third-order valence-electron chi connectivity index (χ3n) is 3.03. The van der Waals surface area contributed by atoms with E-state index >= 15 is 0 Å². The molecule has 0 radical (unpaired) electrons. The summed E-state index contributed by atoms with van der Waals surface area (Å²) < 4.78 is 0. The van der Waals surface area contributed by atoms with Gasteiger partial charge in [0, 0.05) is 5.56 Å². The lowest BCUT2D eigenvalue weighted by Gasteiger charge is -2.10. The van der Waals surface area contributed by atoms with E-state index in [0.29, 0.717) is 22.6 Å². The van der Waals surface area contributed by atoms with Crippen LogP contribution in [0.25, 0.3) is 22.4 Å². The molecule has 2 heterocycles. The number of aliphatic hydroxyl groups excluding tert-OH is 1. The van der Waals surface area contributed by atoms with Gasteiger partial charge in [0.15, 0.2) is 5.65 Å². The van der Waals surface area contributed by atoms with E-state index in [2.05, 4.69) is 20.2 Å². The highest BCUT2D eigenvalue weighted by Gasteiger charge is 2.15. The number of benzene rings is 1. The van der Waals surface area contributed by atoms with E-state index in [1.165, 1.54) is 5.56 Å². The number of aryl methyl sites for hydroxylation is 1. The second-order valence-electron chi connectivity index (χ2n) is 4.60. The fourth-order valence-electron chi connectivity index (χ4n) is 2.00. The lowest BCUT2D eigenvalue weighted by Crippen LogP contribution is -2.02. The van der Waals surface area contributed by atoms with E-state index in [0.717, 1.165) is 5.56 Å². The van der Waals surface area contributed by atoms with Crippen molar-refractivity contribution >= 4 is 11.2 Å². The van der Waals surface area contributed by atoms with Crippen LogP contribution >= 0.6 is 0 Å². The van der Waals surface area contributed by atoms with Gasteiger partial charge in [0.1, 0.15) is 5.52 Å². The predicted molar refractivity (Wildman–Crippen MR) is 72.5 cm³/mol. The van der Waals surface area contributed by atoms with Crippen LogP contribution in [-0.2, 0) is 0 Å². The Balaban J connectivity index is 2.25. The maximum absolute atomic E-state index is 9.88. The first kappa shape index (κ1) is 11.8. The molecule has 0 saturated carbocycles. The Kier molecular flexibility index (Phi) is 2.76.